The van der Waals surface area contributed by atoms with E-state index in [2.05, 4.69) is 218 Å². The molecule has 6 aromatic carbocycles. The Kier molecular flexibility index (Phi) is 35.0. The summed E-state index contributed by atoms with van der Waals surface area (Å²) in [5, 5.41) is 2.54. The van der Waals surface area contributed by atoms with E-state index in [1.807, 2.05) is 23.5 Å². The Hall–Kier alpha value is -6.11. The van der Waals surface area contributed by atoms with Crippen LogP contribution in [0, 0.1) is 52.5 Å². The third-order valence-corrected chi connectivity index (χ3v) is 23.4. The number of hydrogen-bond acceptors (Lipinski definition) is 6. The molecule has 1 atom stereocenters. The molecular weight excluding hydrogens is 1300 g/mol. The van der Waals surface area contributed by atoms with Gasteiger partial charge >= 0.3 is 0 Å². The van der Waals surface area contributed by atoms with Crippen LogP contribution < -0.4 is 18.9 Å². The molecule has 0 aliphatic carbocycles. The monoisotopic (exact) mass is 1420 g/mol. The summed E-state index contributed by atoms with van der Waals surface area (Å²) in [4.78, 5) is 3.78. The molecule has 8 heteroatoms. The number of benzene rings is 6. The van der Waals surface area contributed by atoms with Crippen molar-refractivity contribution in [3.63, 3.8) is 0 Å². The van der Waals surface area contributed by atoms with Crippen molar-refractivity contribution < 1.29 is 18.9 Å². The second-order valence-electron chi connectivity index (χ2n) is 30.7. The van der Waals surface area contributed by atoms with Gasteiger partial charge in [0.15, 0.2) is 0 Å². The summed E-state index contributed by atoms with van der Waals surface area (Å²) < 4.78 is 27.2. The fourth-order valence-electron chi connectivity index (χ4n) is 13.4. The Labute approximate surface area is 625 Å². The molecule has 6 aromatic rings. The summed E-state index contributed by atoms with van der Waals surface area (Å²) >= 11 is 3.83. The van der Waals surface area contributed by atoms with Crippen molar-refractivity contribution in [3.8, 4) is 69.6 Å². The van der Waals surface area contributed by atoms with Gasteiger partial charge in [-0.25, -0.2) is 0 Å². The average Bonchev–Trinajstić information content (AvgIpc) is 0.729. The first-order valence-corrected chi connectivity index (χ1v) is 48.8. The number of rotatable bonds is 40. The Balaban J connectivity index is 1.20. The van der Waals surface area contributed by atoms with Crippen molar-refractivity contribution in [1.29, 1.82) is 0 Å². The van der Waals surface area contributed by atoms with Gasteiger partial charge in [0, 0.05) is 55.8 Å². The highest BCUT2D eigenvalue weighted by Crippen LogP contribution is 2.54. The fourth-order valence-corrected chi connectivity index (χ4v) is 16.5. The molecule has 101 heavy (non-hydrogen) atoms. The normalized spacial score (nSPS) is 13.2. The van der Waals surface area contributed by atoms with Gasteiger partial charge in [-0.1, -0.05) is 331 Å². The lowest BCUT2D eigenvalue weighted by Gasteiger charge is -2.32. The molecule has 0 saturated heterocycles. The standard InChI is InChI=1S/C93H124O4S2Si2/c1-12-16-20-24-28-32-36-42-60-94-84-70-79(58-64-100(6,7)8)86(96-62-44-38-34-30-26-22-18-14-3)68-77(84)52-48-74-50-55-88-82(66-74)92(91-73(5)72-98-90-57-54-76-46-40-41-47-81(76)93(90)91)83-67-75(51-56-89(83)99-88)49-53-78-69-87(97-63-45-39-35-31-27-23-19-15-4)80(59-65-101(9,10)11)71-85(78)95-61-43-37-33-29-25-21-17-13-2/h40-41,46-47,50-51,54-57,66-71,73H,12-39,42-45,60-63,72H2,1-11H3. The first-order valence-electron chi connectivity index (χ1n) is 40.0. The summed E-state index contributed by atoms with van der Waals surface area (Å²) in [6, 6.07) is 35.9. The van der Waals surface area contributed by atoms with Crippen LogP contribution in [-0.2, 0) is 0 Å². The van der Waals surface area contributed by atoms with Crippen molar-refractivity contribution in [2.24, 2.45) is 5.92 Å². The lowest BCUT2D eigenvalue weighted by molar-refractivity contribution is 0.295. The molecule has 0 N–H and O–H groups in total. The van der Waals surface area contributed by atoms with Gasteiger partial charge in [-0.3, -0.25) is 0 Å². The molecule has 1 unspecified atom stereocenters. The zero-order valence-electron chi connectivity index (χ0n) is 64.4. The lowest BCUT2D eigenvalue weighted by atomic mass is 9.81. The topological polar surface area (TPSA) is 36.9 Å². The third kappa shape index (κ3) is 27.1. The molecule has 540 valence electrons. The first kappa shape index (κ1) is 80.6. The van der Waals surface area contributed by atoms with Crippen LogP contribution in [0.3, 0.4) is 0 Å². The van der Waals surface area contributed by atoms with Crippen LogP contribution >= 0.6 is 23.5 Å². The van der Waals surface area contributed by atoms with Crippen LogP contribution in [0.1, 0.15) is 290 Å². The Morgan fingerprint density at radius 2 is 0.703 bits per heavy atom. The Morgan fingerprint density at radius 3 is 1.07 bits per heavy atom. The van der Waals surface area contributed by atoms with Crippen LogP contribution in [0.4, 0.5) is 0 Å². The SMILES string of the molecule is CCCCCCCCCCOc1cc(C#C[Si](C)(C)C)c(OCCCCCCCCCC)cc1C#Cc1ccc2c(c1)C(=C1c3c(ccc4ccccc34)SCC1C)c1cc(C#Cc3cc(OCCCCCCCCCC)c(C#C[Si](C)(C)C)cc3OCCCCCCCCCC)ccc1S2. The molecule has 8 rings (SSSR count). The number of unbranched alkanes of at least 4 members (excludes halogenated alkanes) is 28. The fraction of sp³-hybridized carbons (Fsp3) is 0.527. The van der Waals surface area contributed by atoms with Gasteiger partial charge in [-0.2, -0.15) is 0 Å². The van der Waals surface area contributed by atoms with Crippen LogP contribution in [0.2, 0.25) is 39.3 Å². The van der Waals surface area contributed by atoms with E-state index in [-0.39, 0.29) is 5.92 Å². The van der Waals surface area contributed by atoms with Gasteiger partial charge in [0.05, 0.1) is 48.7 Å². The molecule has 0 spiro atoms. The molecule has 0 bridgehead atoms. The number of allylic oxidation sites excluding steroid dienone is 1. The van der Waals surface area contributed by atoms with E-state index < -0.39 is 16.1 Å². The van der Waals surface area contributed by atoms with Gasteiger partial charge in [0.25, 0.3) is 0 Å². The highest BCUT2D eigenvalue weighted by molar-refractivity contribution is 7.99. The summed E-state index contributed by atoms with van der Waals surface area (Å²) in [5.74, 6) is 26.5. The number of ether oxygens (including phenoxy) is 4. The minimum Gasteiger partial charge on any atom is -0.492 e. The maximum Gasteiger partial charge on any atom is 0.136 e. The predicted octanol–water partition coefficient (Wildman–Crippen LogP) is 27.3. The molecule has 2 aliphatic heterocycles. The van der Waals surface area contributed by atoms with E-state index in [1.54, 1.807) is 0 Å². The van der Waals surface area contributed by atoms with Crippen LogP contribution in [0.15, 0.2) is 112 Å². The molecule has 0 amide bonds. The predicted molar refractivity (Wildman–Crippen MR) is 444 cm³/mol. The second kappa shape index (κ2) is 43.9. The van der Waals surface area contributed by atoms with Crippen molar-refractivity contribution in [2.45, 2.75) is 294 Å². The number of fused-ring (bicyclic) bond motifs is 5. The Bertz CT molecular complexity index is 3680. The molecule has 4 nitrogen and oxygen atoms in total. The highest BCUT2D eigenvalue weighted by Gasteiger charge is 2.32. The number of thioether (sulfide) groups is 1. The maximum atomic E-state index is 6.83. The maximum absolute atomic E-state index is 6.83. The van der Waals surface area contributed by atoms with E-state index in [0.29, 0.717) is 26.4 Å². The van der Waals surface area contributed by atoms with E-state index in [1.165, 1.54) is 207 Å². The summed E-state index contributed by atoms with van der Waals surface area (Å²) in [7, 11) is -3.45. The minimum atomic E-state index is -1.73. The summed E-state index contributed by atoms with van der Waals surface area (Å²) in [6.45, 7) is 28.0. The molecule has 2 aliphatic rings. The van der Waals surface area contributed by atoms with Crippen LogP contribution in [0.25, 0.3) is 21.9 Å². The molecule has 0 radical (unpaired) electrons. The third-order valence-electron chi connectivity index (χ3n) is 19.1. The zero-order valence-corrected chi connectivity index (χ0v) is 68.1. The summed E-state index contributed by atoms with van der Waals surface area (Å²) in [6.07, 6.45) is 39.8. The van der Waals surface area contributed by atoms with E-state index in [0.717, 1.165) is 113 Å². The van der Waals surface area contributed by atoms with Crippen molar-refractivity contribution in [3.05, 3.63) is 147 Å². The average molecular weight is 1430 g/mol. The van der Waals surface area contributed by atoms with Crippen LogP contribution in [-0.4, -0.2) is 48.3 Å². The van der Waals surface area contributed by atoms with Crippen molar-refractivity contribution in [2.75, 3.05) is 32.2 Å². The van der Waals surface area contributed by atoms with Gasteiger partial charge in [0.1, 0.15) is 39.1 Å². The second-order valence-corrected chi connectivity index (χ2v) is 42.3. The van der Waals surface area contributed by atoms with Gasteiger partial charge in [-0.15, -0.1) is 22.8 Å². The minimum absolute atomic E-state index is 0.252. The smallest absolute Gasteiger partial charge is 0.136 e. The molecule has 0 saturated carbocycles. The first-order chi connectivity index (χ1) is 49.2. The molecule has 0 fully saturated rings. The molecular formula is C93H124O4S2Si2. The largest absolute Gasteiger partial charge is 0.492 e. The van der Waals surface area contributed by atoms with Gasteiger partial charge < -0.3 is 18.9 Å². The van der Waals surface area contributed by atoms with Gasteiger partial charge in [-0.05, 0) is 113 Å². The van der Waals surface area contributed by atoms with Crippen LogP contribution in [0.5, 0.6) is 23.0 Å². The van der Waals surface area contributed by atoms with E-state index >= 15 is 0 Å². The van der Waals surface area contributed by atoms with E-state index in [9.17, 15) is 0 Å². The zero-order chi connectivity index (χ0) is 71.5. The summed E-state index contributed by atoms with van der Waals surface area (Å²) in [5.41, 5.74) is 19.1. The van der Waals surface area contributed by atoms with Gasteiger partial charge in [0.2, 0.25) is 0 Å². The Morgan fingerprint density at radius 1 is 0.366 bits per heavy atom. The van der Waals surface area contributed by atoms with Crippen molar-refractivity contribution >= 4 is 61.6 Å². The quantitative estimate of drug-likeness (QED) is 0.0216. The van der Waals surface area contributed by atoms with E-state index in [4.69, 9.17) is 18.9 Å². The number of hydrogen-bond donors (Lipinski definition) is 0. The lowest BCUT2D eigenvalue weighted by Crippen LogP contribution is -2.16. The highest BCUT2D eigenvalue weighted by atomic mass is 32.2. The molecule has 2 heterocycles. The molecule has 0 aromatic heterocycles. The van der Waals surface area contributed by atoms with Crippen molar-refractivity contribution in [1.82, 2.24) is 0 Å².